The molecular formula is C30H46Cl3N2O2PS. The zero-order valence-corrected chi connectivity index (χ0v) is 25.4. The van der Waals surface area contributed by atoms with Crippen molar-refractivity contribution in [3.63, 3.8) is 0 Å². The van der Waals surface area contributed by atoms with E-state index in [4.69, 9.17) is 23.2 Å². The molecule has 2 amide bonds. The van der Waals surface area contributed by atoms with E-state index in [1.165, 1.54) is 25.8 Å². The highest BCUT2D eigenvalue weighted by Crippen LogP contribution is 2.45. The van der Waals surface area contributed by atoms with Gasteiger partial charge in [-0.05, 0) is 32.1 Å². The van der Waals surface area contributed by atoms with E-state index in [-0.39, 0.29) is 34.1 Å². The maximum absolute atomic E-state index is 9.70. The maximum Gasteiger partial charge on any atom is 0.216 e. The van der Waals surface area contributed by atoms with Gasteiger partial charge in [-0.2, -0.15) is 0 Å². The standard InChI is InChI=1S/C20H16Cl2.2C3H7NO.CH3Cl.3CH4.HPS/c1-15-11-13-17(14-12-15)20(22,16-7-3-2-4-8-16)18-9-5-6-10-19(18)21;2*1-3(5)4-2;1-2;;;;1-2/h2-14H,1H3;2*1-2H3,(H,4,5);1H3;3*1H4;1H. The second-order valence-electron chi connectivity index (χ2n) is 6.98. The Bertz CT molecular complexity index is 1010. The number of nitrogens with one attached hydrogen (secondary N) is 2. The first-order chi connectivity index (χ1) is 17.2. The topological polar surface area (TPSA) is 58.2 Å². The number of benzene rings is 3. The first-order valence-corrected chi connectivity index (χ1v) is 13.8. The molecule has 2 N–H and O–H groups in total. The van der Waals surface area contributed by atoms with Gasteiger partial charge in [0.05, 0.1) is 0 Å². The number of alkyl halides is 2. The van der Waals surface area contributed by atoms with Crippen molar-refractivity contribution in [1.29, 1.82) is 0 Å². The molecule has 0 saturated carbocycles. The van der Waals surface area contributed by atoms with Crippen LogP contribution in [0.25, 0.3) is 0 Å². The number of halogens is 3. The van der Waals surface area contributed by atoms with Crippen molar-refractivity contribution < 1.29 is 9.59 Å². The van der Waals surface area contributed by atoms with E-state index < -0.39 is 4.87 Å². The molecule has 0 fully saturated rings. The molecule has 0 aromatic heterocycles. The minimum atomic E-state index is -0.798. The first-order valence-electron chi connectivity index (χ1n) is 10.7. The molecule has 0 saturated heterocycles. The van der Waals surface area contributed by atoms with Crippen LogP contribution in [0.1, 0.15) is 58.4 Å². The van der Waals surface area contributed by atoms with Gasteiger partial charge >= 0.3 is 0 Å². The lowest BCUT2D eigenvalue weighted by Gasteiger charge is -2.30. The van der Waals surface area contributed by atoms with Crippen molar-refractivity contribution >= 4 is 66.4 Å². The number of hydrogen-bond donors (Lipinski definition) is 2. The minimum absolute atomic E-state index is 0. The van der Waals surface area contributed by atoms with Gasteiger partial charge in [0, 0.05) is 44.9 Å². The van der Waals surface area contributed by atoms with Crippen LogP contribution in [0.5, 0.6) is 0 Å². The SMILES string of the molecule is C.C.C.CCl.CNC(C)=O.CNC(C)=O.Cc1ccc(C(Cl)(c2ccccc2)c2ccccc2Cl)cc1.P=S. The first kappa shape index (κ1) is 46.8. The van der Waals surface area contributed by atoms with E-state index in [0.29, 0.717) is 5.02 Å². The quantitative estimate of drug-likeness (QED) is 0.172. The van der Waals surface area contributed by atoms with Gasteiger partial charge in [0.15, 0.2) is 0 Å². The van der Waals surface area contributed by atoms with Gasteiger partial charge in [0.25, 0.3) is 0 Å². The van der Waals surface area contributed by atoms with Crippen LogP contribution < -0.4 is 10.6 Å². The summed E-state index contributed by atoms with van der Waals surface area (Å²) in [5, 5.41) is 5.45. The Balaban J connectivity index is -0.000000193. The fourth-order valence-corrected chi connectivity index (χ4v) is 3.41. The molecule has 3 rings (SSSR count). The molecule has 0 aliphatic rings. The van der Waals surface area contributed by atoms with Crippen LogP contribution in [0.2, 0.25) is 5.02 Å². The Morgan fingerprint density at radius 2 is 1.05 bits per heavy atom. The molecule has 0 aliphatic carbocycles. The molecule has 0 aliphatic heterocycles. The summed E-state index contributed by atoms with van der Waals surface area (Å²) in [4.78, 5) is 18.6. The number of hydrogen-bond acceptors (Lipinski definition) is 3. The third-order valence-corrected chi connectivity index (χ3v) is 5.54. The van der Waals surface area contributed by atoms with Crippen LogP contribution in [0.3, 0.4) is 0 Å². The van der Waals surface area contributed by atoms with Gasteiger partial charge in [-0.3, -0.25) is 9.59 Å². The second-order valence-corrected chi connectivity index (χ2v) is 7.96. The maximum atomic E-state index is 9.70. The molecule has 0 bridgehead atoms. The van der Waals surface area contributed by atoms with Crippen LogP contribution in [0.15, 0.2) is 78.9 Å². The van der Waals surface area contributed by atoms with E-state index in [0.717, 1.165) is 16.7 Å². The summed E-state index contributed by atoms with van der Waals surface area (Å²) in [5.74, 6) is 0.00926. The number of rotatable bonds is 3. The number of carbonyl (C=O) groups is 2. The molecule has 0 radical (unpaired) electrons. The normalized spacial score (nSPS) is 9.67. The zero-order chi connectivity index (χ0) is 28.1. The summed E-state index contributed by atoms with van der Waals surface area (Å²) in [6.45, 7) is 5.01. The largest absolute Gasteiger partial charge is 0.359 e. The average Bonchev–Trinajstić information content (AvgIpc) is 2.92. The minimum Gasteiger partial charge on any atom is -0.359 e. The van der Waals surface area contributed by atoms with Crippen LogP contribution in [0.4, 0.5) is 0 Å². The lowest BCUT2D eigenvalue weighted by molar-refractivity contribution is -0.119. The molecule has 3 aromatic carbocycles. The highest BCUT2D eigenvalue weighted by atomic mass is 35.5. The van der Waals surface area contributed by atoms with Crippen molar-refractivity contribution in [3.8, 4) is 0 Å². The lowest BCUT2D eigenvalue weighted by Crippen LogP contribution is -2.22. The summed E-state index contributed by atoms with van der Waals surface area (Å²) in [7, 11) is 5.75. The summed E-state index contributed by atoms with van der Waals surface area (Å²) < 4.78 is 0. The van der Waals surface area contributed by atoms with Crippen molar-refractivity contribution in [3.05, 3.63) is 106 Å². The highest BCUT2D eigenvalue weighted by Gasteiger charge is 2.35. The molecular weight excluding hydrogens is 590 g/mol. The third-order valence-electron chi connectivity index (χ3n) is 4.57. The van der Waals surface area contributed by atoms with Gasteiger partial charge in [-0.1, -0.05) is 124 Å². The predicted molar refractivity (Wildman–Crippen MR) is 182 cm³/mol. The smallest absolute Gasteiger partial charge is 0.216 e. The van der Waals surface area contributed by atoms with E-state index in [9.17, 15) is 9.59 Å². The summed E-state index contributed by atoms with van der Waals surface area (Å²) in [5.41, 5.74) is 4.12. The summed E-state index contributed by atoms with van der Waals surface area (Å²) in [6.07, 6.45) is 1.47. The van der Waals surface area contributed by atoms with Crippen molar-refractivity contribution in [2.45, 2.75) is 47.9 Å². The molecule has 220 valence electrons. The van der Waals surface area contributed by atoms with Crippen molar-refractivity contribution in [1.82, 2.24) is 10.6 Å². The Morgan fingerprint density at radius 3 is 1.41 bits per heavy atom. The van der Waals surface area contributed by atoms with Crippen LogP contribution in [-0.2, 0) is 26.3 Å². The Morgan fingerprint density at radius 1 is 0.718 bits per heavy atom. The Kier molecular flexibility index (Phi) is 33.1. The zero-order valence-electron chi connectivity index (χ0n) is 21.4. The molecule has 39 heavy (non-hydrogen) atoms. The van der Waals surface area contributed by atoms with Gasteiger partial charge in [-0.15, -0.1) is 23.2 Å². The number of aryl methyl sites for hydroxylation is 1. The van der Waals surface area contributed by atoms with E-state index in [2.05, 4.69) is 73.2 Å². The second kappa shape index (κ2) is 27.6. The van der Waals surface area contributed by atoms with E-state index in [1.54, 1.807) is 14.1 Å². The molecule has 3 aromatic rings. The fourth-order valence-electron chi connectivity index (χ4n) is 2.67. The van der Waals surface area contributed by atoms with Gasteiger partial charge in [0.1, 0.15) is 4.87 Å². The van der Waals surface area contributed by atoms with E-state index in [1.807, 2.05) is 54.6 Å². The highest BCUT2D eigenvalue weighted by molar-refractivity contribution is 7.88. The number of amides is 2. The van der Waals surface area contributed by atoms with Gasteiger partial charge in [-0.25, -0.2) is 0 Å². The Labute approximate surface area is 260 Å². The molecule has 0 spiro atoms. The van der Waals surface area contributed by atoms with Gasteiger partial charge in [0.2, 0.25) is 11.8 Å². The van der Waals surface area contributed by atoms with Crippen LogP contribution >= 0.6 is 42.8 Å². The van der Waals surface area contributed by atoms with Crippen LogP contribution in [0, 0.1) is 6.92 Å². The van der Waals surface area contributed by atoms with E-state index >= 15 is 0 Å². The predicted octanol–water partition coefficient (Wildman–Crippen LogP) is 9.04. The van der Waals surface area contributed by atoms with Gasteiger partial charge < -0.3 is 10.6 Å². The molecule has 1 atom stereocenters. The summed E-state index contributed by atoms with van der Waals surface area (Å²) in [6, 6.07) is 26.1. The number of carbonyl (C=O) groups excluding carboxylic acids is 2. The monoisotopic (exact) mass is 634 g/mol. The average molecular weight is 636 g/mol. The fraction of sp³-hybridized carbons (Fsp3) is 0.333. The molecule has 0 heterocycles. The van der Waals surface area contributed by atoms with Crippen molar-refractivity contribution in [2.24, 2.45) is 0 Å². The molecule has 4 nitrogen and oxygen atoms in total. The Hall–Kier alpha value is -2.01. The summed E-state index contributed by atoms with van der Waals surface area (Å²) >= 11 is 22.2. The van der Waals surface area contributed by atoms with Crippen LogP contribution in [-0.4, -0.2) is 32.3 Å². The third kappa shape index (κ3) is 17.3. The molecule has 9 heteroatoms. The molecule has 1 unspecified atom stereocenters. The van der Waals surface area contributed by atoms with Crippen molar-refractivity contribution in [2.75, 3.05) is 20.5 Å². The lowest BCUT2D eigenvalue weighted by atomic mass is 9.84.